The number of aryl methyl sites for hydroxylation is 1. The number of rotatable bonds is 7. The van der Waals surface area contributed by atoms with Crippen LogP contribution in [0.25, 0.3) is 0 Å². The van der Waals surface area contributed by atoms with Gasteiger partial charge in [0.25, 0.3) is 0 Å². The zero-order valence-electron chi connectivity index (χ0n) is 11.7. The van der Waals surface area contributed by atoms with Gasteiger partial charge in [0.05, 0.1) is 5.60 Å². The first-order chi connectivity index (χ1) is 8.00. The number of methoxy groups -OCH3 is 1. The average molecular weight is 255 g/mol. The minimum absolute atomic E-state index is 0.0835. The Labute approximate surface area is 109 Å². The molecule has 1 N–H and O–H groups in total. The molecule has 17 heavy (non-hydrogen) atoms. The van der Waals surface area contributed by atoms with E-state index in [2.05, 4.69) is 44.5 Å². The second-order valence-corrected chi connectivity index (χ2v) is 6.23. The highest BCUT2D eigenvalue weighted by Crippen LogP contribution is 2.30. The third kappa shape index (κ3) is 4.41. The van der Waals surface area contributed by atoms with Gasteiger partial charge in [0.1, 0.15) is 0 Å². The molecule has 0 radical (unpaired) electrons. The normalized spacial score (nSPS) is 13.9. The molecule has 0 aliphatic heterocycles. The predicted octanol–water partition coefficient (Wildman–Crippen LogP) is 3.91. The van der Waals surface area contributed by atoms with Crippen LogP contribution in [0, 0.1) is 6.92 Å². The second kappa shape index (κ2) is 6.53. The van der Waals surface area contributed by atoms with Crippen molar-refractivity contribution in [2.75, 3.05) is 13.7 Å². The Hall–Kier alpha value is -0.380. The maximum absolute atomic E-state index is 5.55. The van der Waals surface area contributed by atoms with Gasteiger partial charge < -0.3 is 10.1 Å². The number of hydrogen-bond acceptors (Lipinski definition) is 3. The fourth-order valence-electron chi connectivity index (χ4n) is 1.94. The van der Waals surface area contributed by atoms with Crippen molar-refractivity contribution in [2.24, 2.45) is 0 Å². The van der Waals surface area contributed by atoms with Gasteiger partial charge in [-0.15, -0.1) is 11.3 Å². The van der Waals surface area contributed by atoms with E-state index in [9.17, 15) is 0 Å². The SMILES string of the molecule is CCCNC(CC(C)(C)OC)c1ccsc1C. The molecule has 2 nitrogen and oxygen atoms in total. The van der Waals surface area contributed by atoms with Gasteiger partial charge in [0, 0.05) is 18.0 Å². The molecule has 0 aliphatic carbocycles. The molecule has 0 spiro atoms. The summed E-state index contributed by atoms with van der Waals surface area (Å²) in [6, 6.07) is 2.63. The summed E-state index contributed by atoms with van der Waals surface area (Å²) in [6.45, 7) is 9.75. The van der Waals surface area contributed by atoms with Gasteiger partial charge in [0.2, 0.25) is 0 Å². The van der Waals surface area contributed by atoms with Crippen molar-refractivity contribution in [1.29, 1.82) is 0 Å². The molecule has 0 aliphatic rings. The van der Waals surface area contributed by atoms with Gasteiger partial charge in [-0.3, -0.25) is 0 Å². The molecule has 1 aromatic rings. The minimum Gasteiger partial charge on any atom is -0.379 e. The monoisotopic (exact) mass is 255 g/mol. The van der Waals surface area contributed by atoms with Crippen molar-refractivity contribution < 1.29 is 4.74 Å². The van der Waals surface area contributed by atoms with E-state index in [1.165, 1.54) is 10.4 Å². The topological polar surface area (TPSA) is 21.3 Å². The zero-order valence-corrected chi connectivity index (χ0v) is 12.5. The minimum atomic E-state index is -0.0835. The van der Waals surface area contributed by atoms with Gasteiger partial charge in [-0.25, -0.2) is 0 Å². The van der Waals surface area contributed by atoms with Crippen LogP contribution in [0.4, 0.5) is 0 Å². The molecule has 0 fully saturated rings. The number of nitrogens with one attached hydrogen (secondary N) is 1. The maximum Gasteiger partial charge on any atom is 0.0640 e. The van der Waals surface area contributed by atoms with Crippen LogP contribution in [0.3, 0.4) is 0 Å². The highest BCUT2D eigenvalue weighted by atomic mass is 32.1. The standard InChI is InChI=1S/C14H25NOS/c1-6-8-15-13(10-14(3,4)16-5)12-7-9-17-11(12)2/h7,9,13,15H,6,8,10H2,1-5H3. The van der Waals surface area contributed by atoms with Crippen LogP contribution in [-0.2, 0) is 4.74 Å². The van der Waals surface area contributed by atoms with E-state index < -0.39 is 0 Å². The van der Waals surface area contributed by atoms with Crippen LogP contribution in [0.1, 0.15) is 50.1 Å². The lowest BCUT2D eigenvalue weighted by atomic mass is 9.94. The van der Waals surface area contributed by atoms with E-state index >= 15 is 0 Å². The van der Waals surface area contributed by atoms with Crippen LogP contribution in [0.15, 0.2) is 11.4 Å². The maximum atomic E-state index is 5.55. The van der Waals surface area contributed by atoms with Crippen molar-refractivity contribution in [2.45, 2.75) is 52.2 Å². The molecule has 1 heterocycles. The quantitative estimate of drug-likeness (QED) is 0.797. The fourth-order valence-corrected chi connectivity index (χ4v) is 2.71. The number of hydrogen-bond donors (Lipinski definition) is 1. The summed E-state index contributed by atoms with van der Waals surface area (Å²) in [5.74, 6) is 0. The summed E-state index contributed by atoms with van der Waals surface area (Å²) in [5, 5.41) is 5.80. The lowest BCUT2D eigenvalue weighted by Crippen LogP contribution is -2.32. The van der Waals surface area contributed by atoms with Crippen molar-refractivity contribution in [1.82, 2.24) is 5.32 Å². The Balaban J connectivity index is 2.77. The fraction of sp³-hybridized carbons (Fsp3) is 0.714. The summed E-state index contributed by atoms with van der Waals surface area (Å²) in [4.78, 5) is 1.41. The van der Waals surface area contributed by atoms with Gasteiger partial charge in [-0.2, -0.15) is 0 Å². The molecule has 1 aromatic heterocycles. The third-order valence-corrected chi connectivity index (χ3v) is 4.02. The van der Waals surface area contributed by atoms with Crippen molar-refractivity contribution in [3.8, 4) is 0 Å². The summed E-state index contributed by atoms with van der Waals surface area (Å²) in [6.07, 6.45) is 2.16. The molecule has 1 unspecified atom stereocenters. The molecule has 0 saturated heterocycles. The number of thiophene rings is 1. The van der Waals surface area contributed by atoms with Crippen molar-refractivity contribution >= 4 is 11.3 Å². The van der Waals surface area contributed by atoms with Gasteiger partial charge >= 0.3 is 0 Å². The summed E-state index contributed by atoms with van der Waals surface area (Å²) in [7, 11) is 1.79. The van der Waals surface area contributed by atoms with E-state index in [0.717, 1.165) is 19.4 Å². The molecule has 98 valence electrons. The molecule has 0 amide bonds. The van der Waals surface area contributed by atoms with Crippen molar-refractivity contribution in [3.05, 3.63) is 21.9 Å². The lowest BCUT2D eigenvalue weighted by Gasteiger charge is -2.29. The highest BCUT2D eigenvalue weighted by molar-refractivity contribution is 7.10. The molecule has 1 atom stereocenters. The first-order valence-corrected chi connectivity index (χ1v) is 7.20. The predicted molar refractivity (Wildman–Crippen MR) is 75.8 cm³/mol. The molecule has 0 aromatic carbocycles. The second-order valence-electron chi connectivity index (χ2n) is 5.11. The van der Waals surface area contributed by atoms with Crippen LogP contribution in [0.2, 0.25) is 0 Å². The van der Waals surface area contributed by atoms with E-state index in [4.69, 9.17) is 4.74 Å². The van der Waals surface area contributed by atoms with E-state index in [1.54, 1.807) is 7.11 Å². The van der Waals surface area contributed by atoms with Gasteiger partial charge in [-0.05, 0) is 57.2 Å². The molecule has 0 saturated carbocycles. The van der Waals surface area contributed by atoms with Crippen LogP contribution in [-0.4, -0.2) is 19.3 Å². The van der Waals surface area contributed by atoms with Crippen LogP contribution in [0.5, 0.6) is 0 Å². The Kier molecular flexibility index (Phi) is 5.63. The van der Waals surface area contributed by atoms with E-state index in [1.807, 2.05) is 11.3 Å². The molecule has 1 rings (SSSR count). The molecular formula is C14H25NOS. The molecular weight excluding hydrogens is 230 g/mol. The van der Waals surface area contributed by atoms with Crippen molar-refractivity contribution in [3.63, 3.8) is 0 Å². The Morgan fingerprint density at radius 3 is 2.65 bits per heavy atom. The zero-order chi connectivity index (χ0) is 12.9. The highest BCUT2D eigenvalue weighted by Gasteiger charge is 2.24. The first-order valence-electron chi connectivity index (χ1n) is 6.32. The summed E-state index contributed by atoms with van der Waals surface area (Å²) >= 11 is 1.82. The lowest BCUT2D eigenvalue weighted by molar-refractivity contribution is 0.00684. The summed E-state index contributed by atoms with van der Waals surface area (Å²) < 4.78 is 5.55. The molecule has 0 bridgehead atoms. The Morgan fingerprint density at radius 2 is 2.18 bits per heavy atom. The Morgan fingerprint density at radius 1 is 1.47 bits per heavy atom. The Bertz CT molecular complexity index is 333. The number of ether oxygens (including phenoxy) is 1. The smallest absolute Gasteiger partial charge is 0.0640 e. The van der Waals surface area contributed by atoms with Crippen LogP contribution < -0.4 is 5.32 Å². The first kappa shape index (κ1) is 14.7. The van der Waals surface area contributed by atoms with Crippen LogP contribution >= 0.6 is 11.3 Å². The average Bonchev–Trinajstić information content (AvgIpc) is 2.70. The van der Waals surface area contributed by atoms with E-state index in [-0.39, 0.29) is 5.60 Å². The van der Waals surface area contributed by atoms with E-state index in [0.29, 0.717) is 6.04 Å². The summed E-state index contributed by atoms with van der Waals surface area (Å²) in [5.41, 5.74) is 1.34. The molecule has 3 heteroatoms. The van der Waals surface area contributed by atoms with Gasteiger partial charge in [0.15, 0.2) is 0 Å². The van der Waals surface area contributed by atoms with Gasteiger partial charge in [-0.1, -0.05) is 6.92 Å². The third-order valence-electron chi connectivity index (χ3n) is 3.16. The largest absolute Gasteiger partial charge is 0.379 e.